The second-order valence-corrected chi connectivity index (χ2v) is 9.36. The molecule has 0 bridgehead atoms. The van der Waals surface area contributed by atoms with Crippen LogP contribution in [0.5, 0.6) is 0 Å². The zero-order valence-electron chi connectivity index (χ0n) is 21.4. The van der Waals surface area contributed by atoms with E-state index < -0.39 is 5.54 Å². The summed E-state index contributed by atoms with van der Waals surface area (Å²) in [4.78, 5) is 15.3. The first-order valence-corrected chi connectivity index (χ1v) is 12.5. The summed E-state index contributed by atoms with van der Waals surface area (Å²) in [6.07, 6.45) is 3.66. The largest absolute Gasteiger partial charge is 0.463 e. The van der Waals surface area contributed by atoms with Gasteiger partial charge in [0.05, 0.1) is 17.4 Å². The Bertz CT molecular complexity index is 1390. The molecule has 2 heterocycles. The highest BCUT2D eigenvalue weighted by Gasteiger charge is 2.29. The van der Waals surface area contributed by atoms with Crippen LogP contribution < -0.4 is 5.73 Å². The second-order valence-electron chi connectivity index (χ2n) is 9.36. The minimum Gasteiger partial charge on any atom is -0.463 e. The van der Waals surface area contributed by atoms with E-state index in [4.69, 9.17) is 14.6 Å². The average molecular weight is 498 g/mol. The molecule has 0 fully saturated rings. The summed E-state index contributed by atoms with van der Waals surface area (Å²) in [7, 11) is 0. The third-order valence-electron chi connectivity index (χ3n) is 6.08. The Labute approximate surface area is 216 Å². The number of carbonyl (C=O) groups is 1. The number of aromatic nitrogens is 2. The molecule has 2 aromatic carbocycles. The van der Waals surface area contributed by atoms with Crippen LogP contribution >= 0.6 is 0 Å². The average Bonchev–Trinajstić information content (AvgIpc) is 3.59. The van der Waals surface area contributed by atoms with Crippen molar-refractivity contribution < 1.29 is 13.6 Å². The maximum atomic E-state index is 13.5. The molecule has 2 N–H and O–H groups in total. The number of amides is 1. The smallest absolute Gasteiger partial charge is 0.253 e. The predicted molar refractivity (Wildman–Crippen MR) is 140 cm³/mol. The van der Waals surface area contributed by atoms with Crippen LogP contribution in [0.1, 0.15) is 61.0 Å². The van der Waals surface area contributed by atoms with E-state index in [0.717, 1.165) is 18.4 Å². The van der Waals surface area contributed by atoms with Gasteiger partial charge >= 0.3 is 0 Å². The lowest BCUT2D eigenvalue weighted by Crippen LogP contribution is -2.35. The first-order chi connectivity index (χ1) is 17.9. The van der Waals surface area contributed by atoms with E-state index in [1.165, 1.54) is 6.26 Å². The van der Waals surface area contributed by atoms with Gasteiger partial charge in [-0.1, -0.05) is 44.2 Å². The molecule has 4 aromatic rings. The van der Waals surface area contributed by atoms with Crippen molar-refractivity contribution in [2.45, 2.75) is 45.6 Å². The lowest BCUT2D eigenvalue weighted by atomic mass is 9.94. The van der Waals surface area contributed by atoms with Gasteiger partial charge in [0.15, 0.2) is 5.76 Å². The van der Waals surface area contributed by atoms with Gasteiger partial charge in [0.25, 0.3) is 5.91 Å². The van der Waals surface area contributed by atoms with E-state index >= 15 is 0 Å². The van der Waals surface area contributed by atoms with Gasteiger partial charge in [-0.3, -0.25) is 4.79 Å². The van der Waals surface area contributed by atoms with Crippen LogP contribution in [0.15, 0.2) is 69.7 Å². The van der Waals surface area contributed by atoms with Crippen LogP contribution in [0, 0.1) is 11.3 Å². The number of furan rings is 1. The Morgan fingerprint density at radius 1 is 1.05 bits per heavy atom. The van der Waals surface area contributed by atoms with Gasteiger partial charge in [-0.25, -0.2) is 0 Å². The maximum Gasteiger partial charge on any atom is 0.253 e. The Morgan fingerprint density at radius 3 is 2.43 bits per heavy atom. The summed E-state index contributed by atoms with van der Waals surface area (Å²) in [5.41, 5.74) is 8.69. The number of benzene rings is 2. The summed E-state index contributed by atoms with van der Waals surface area (Å²) < 4.78 is 11.7. The summed E-state index contributed by atoms with van der Waals surface area (Å²) in [6, 6.07) is 18.9. The highest BCUT2D eigenvalue weighted by Crippen LogP contribution is 2.32. The highest BCUT2D eigenvalue weighted by atomic mass is 16.4. The molecule has 0 radical (unpaired) electrons. The number of nitrogens with zero attached hydrogens (tertiary/aromatic N) is 4. The molecule has 0 saturated carbocycles. The van der Waals surface area contributed by atoms with E-state index in [1.54, 1.807) is 24.3 Å². The molecule has 8 nitrogen and oxygen atoms in total. The van der Waals surface area contributed by atoms with Crippen LogP contribution in [0.4, 0.5) is 0 Å². The minimum atomic E-state index is -0.892. The van der Waals surface area contributed by atoms with Gasteiger partial charge < -0.3 is 19.5 Å². The molecule has 0 aliphatic rings. The summed E-state index contributed by atoms with van der Waals surface area (Å²) >= 11 is 0. The number of carbonyl (C=O) groups excluding carboxylic acids is 1. The third-order valence-corrected chi connectivity index (χ3v) is 6.08. The van der Waals surface area contributed by atoms with E-state index in [-0.39, 0.29) is 11.8 Å². The number of nitriles is 1. The Morgan fingerprint density at radius 2 is 1.76 bits per heavy atom. The fraction of sp³-hybridized carbons (Fsp3) is 0.310. The third kappa shape index (κ3) is 5.79. The lowest BCUT2D eigenvalue weighted by molar-refractivity contribution is 0.0755. The highest BCUT2D eigenvalue weighted by molar-refractivity contribution is 5.97. The molecule has 0 aliphatic carbocycles. The van der Waals surface area contributed by atoms with Crippen molar-refractivity contribution in [2.75, 3.05) is 13.1 Å². The standard InChI is InChI=1S/C29H31N5O3/c1-4-12-34(13-5-2)27(35)24-16-22(25-21(19-30)11-14-36-25)15-23(17-24)26-32-33-28(37-26)29(3,31)18-20-9-7-6-8-10-20/h6-11,14-17H,4-5,12-13,18,31H2,1-3H3. The number of nitrogens with two attached hydrogens (primary N) is 1. The summed E-state index contributed by atoms with van der Waals surface area (Å²) in [5.74, 6) is 0.796. The first kappa shape index (κ1) is 25.9. The SMILES string of the molecule is CCCN(CCC)C(=O)c1cc(-c2nnc(C(C)(N)Cc3ccccc3)o2)cc(-c2occc2C#N)c1. The van der Waals surface area contributed by atoms with E-state index in [0.29, 0.717) is 53.4 Å². The minimum absolute atomic E-state index is 0.107. The predicted octanol–water partition coefficient (Wildman–Crippen LogP) is 5.55. The normalized spacial score (nSPS) is 12.6. The fourth-order valence-corrected chi connectivity index (χ4v) is 4.33. The molecule has 190 valence electrons. The van der Waals surface area contributed by atoms with E-state index in [9.17, 15) is 10.1 Å². The molecule has 0 spiro atoms. The number of rotatable bonds is 10. The van der Waals surface area contributed by atoms with Crippen LogP contribution in [-0.2, 0) is 12.0 Å². The van der Waals surface area contributed by atoms with Gasteiger partial charge in [0.2, 0.25) is 11.8 Å². The lowest BCUT2D eigenvalue weighted by Gasteiger charge is -2.22. The van der Waals surface area contributed by atoms with Crippen LogP contribution in [0.3, 0.4) is 0 Å². The molecular formula is C29H31N5O3. The molecule has 1 amide bonds. The van der Waals surface area contributed by atoms with Crippen molar-refractivity contribution in [3.8, 4) is 28.8 Å². The molecule has 0 saturated heterocycles. The van der Waals surface area contributed by atoms with Crippen LogP contribution in [0.2, 0.25) is 0 Å². The molecule has 1 unspecified atom stereocenters. The Balaban J connectivity index is 1.75. The molecule has 2 aromatic heterocycles. The van der Waals surface area contributed by atoms with Gasteiger partial charge in [-0.05, 0) is 56.0 Å². The Hall–Kier alpha value is -4.22. The quantitative estimate of drug-likeness (QED) is 0.305. The van der Waals surface area contributed by atoms with Crippen molar-refractivity contribution in [3.05, 3.63) is 83.4 Å². The molecule has 0 aliphatic heterocycles. The van der Waals surface area contributed by atoms with Gasteiger partial charge in [0, 0.05) is 29.8 Å². The van der Waals surface area contributed by atoms with E-state index in [1.807, 2.05) is 56.0 Å². The van der Waals surface area contributed by atoms with Crippen molar-refractivity contribution in [3.63, 3.8) is 0 Å². The molecule has 4 rings (SSSR count). The molecule has 8 heteroatoms. The monoisotopic (exact) mass is 497 g/mol. The Kier molecular flexibility index (Phi) is 7.85. The number of hydrogen-bond acceptors (Lipinski definition) is 7. The summed E-state index contributed by atoms with van der Waals surface area (Å²) in [6.45, 7) is 7.22. The fourth-order valence-electron chi connectivity index (χ4n) is 4.33. The molecule has 37 heavy (non-hydrogen) atoms. The molecular weight excluding hydrogens is 466 g/mol. The van der Waals surface area contributed by atoms with Gasteiger partial charge in [-0.2, -0.15) is 5.26 Å². The topological polar surface area (TPSA) is 122 Å². The van der Waals surface area contributed by atoms with Crippen molar-refractivity contribution in [2.24, 2.45) is 5.73 Å². The van der Waals surface area contributed by atoms with Crippen molar-refractivity contribution >= 4 is 5.91 Å². The number of hydrogen-bond donors (Lipinski definition) is 1. The maximum absolute atomic E-state index is 13.5. The zero-order chi connectivity index (χ0) is 26.4. The van der Waals surface area contributed by atoms with Crippen molar-refractivity contribution in [1.29, 1.82) is 5.26 Å². The van der Waals surface area contributed by atoms with Crippen LogP contribution in [-0.4, -0.2) is 34.1 Å². The summed E-state index contributed by atoms with van der Waals surface area (Å²) in [5, 5.41) is 18.0. The molecule has 1 atom stereocenters. The van der Waals surface area contributed by atoms with E-state index in [2.05, 4.69) is 16.3 Å². The zero-order valence-corrected chi connectivity index (χ0v) is 21.4. The van der Waals surface area contributed by atoms with Gasteiger partial charge in [0.1, 0.15) is 6.07 Å². The van der Waals surface area contributed by atoms with Gasteiger partial charge in [-0.15, -0.1) is 10.2 Å². The van der Waals surface area contributed by atoms with Crippen LogP contribution in [0.25, 0.3) is 22.8 Å². The first-order valence-electron chi connectivity index (χ1n) is 12.5. The van der Waals surface area contributed by atoms with Crippen molar-refractivity contribution in [1.82, 2.24) is 15.1 Å². The second kappa shape index (κ2) is 11.2.